The number of carbonyl (C=O) groups is 2. The van der Waals surface area contributed by atoms with Crippen LogP contribution in [0.1, 0.15) is 32.8 Å². The van der Waals surface area contributed by atoms with Gasteiger partial charge in [0.2, 0.25) is 0 Å². The van der Waals surface area contributed by atoms with Crippen molar-refractivity contribution in [2.75, 3.05) is 12.3 Å². The molecular weight excluding hydrogens is 338 g/mol. The van der Waals surface area contributed by atoms with E-state index in [1.165, 1.54) is 0 Å². The quantitative estimate of drug-likeness (QED) is 0.658. The molecule has 1 aliphatic heterocycles. The lowest BCUT2D eigenvalue weighted by Crippen LogP contribution is -2.33. The van der Waals surface area contributed by atoms with Crippen molar-refractivity contribution >= 4 is 28.3 Å². The van der Waals surface area contributed by atoms with E-state index in [1.54, 1.807) is 11.0 Å². The van der Waals surface area contributed by atoms with Crippen molar-refractivity contribution in [3.63, 3.8) is 0 Å². The van der Waals surface area contributed by atoms with E-state index in [1.807, 2.05) is 48.5 Å². The molecule has 1 amide bonds. The van der Waals surface area contributed by atoms with Gasteiger partial charge in [0.1, 0.15) is 5.69 Å². The lowest BCUT2D eigenvalue weighted by molar-refractivity contribution is 0.0806. The number of rotatable bonds is 1. The number of likely N-dealkylation sites (tertiary alicyclic amines) is 1. The summed E-state index contributed by atoms with van der Waals surface area (Å²) in [6, 6.07) is 15.2. The summed E-state index contributed by atoms with van der Waals surface area (Å²) in [6.45, 7) is 0.657. The lowest BCUT2D eigenvalue weighted by atomic mass is 9.81. The zero-order chi connectivity index (χ0) is 18.3. The number of aromatic amines is 1. The van der Waals surface area contributed by atoms with Gasteiger partial charge in [0.25, 0.3) is 5.91 Å². The van der Waals surface area contributed by atoms with Gasteiger partial charge in [0.05, 0.1) is 0 Å². The van der Waals surface area contributed by atoms with E-state index in [2.05, 4.69) is 4.98 Å². The number of carbonyl (C=O) groups excluding carboxylic acids is 2. The molecule has 1 aromatic heterocycles. The van der Waals surface area contributed by atoms with Crippen molar-refractivity contribution in [3.8, 4) is 0 Å². The average molecular weight is 355 g/mol. The first-order valence-electron chi connectivity index (χ1n) is 9.14. The van der Waals surface area contributed by atoms with Crippen molar-refractivity contribution in [1.82, 2.24) is 9.88 Å². The summed E-state index contributed by atoms with van der Waals surface area (Å²) < 4.78 is 0. The summed E-state index contributed by atoms with van der Waals surface area (Å²) in [7, 11) is 0. The molecule has 1 saturated carbocycles. The van der Waals surface area contributed by atoms with Gasteiger partial charge in [-0.15, -0.1) is 0 Å². The number of piperidine rings is 1. The number of nitrogens with zero attached hydrogens (tertiary/aromatic N) is 1. The van der Waals surface area contributed by atoms with Crippen LogP contribution in [0.15, 0.2) is 60.3 Å². The van der Waals surface area contributed by atoms with Gasteiger partial charge in [-0.25, -0.2) is 0 Å². The number of allylic oxidation sites excluding steroid dienone is 2. The van der Waals surface area contributed by atoms with Crippen LogP contribution in [0.2, 0.25) is 0 Å². The molecule has 1 saturated heterocycles. The average Bonchev–Trinajstić information content (AvgIpc) is 3.06. The minimum absolute atomic E-state index is 0.0130. The number of fused-ring (bicyclic) bond motifs is 2. The topological polar surface area (TPSA) is 79.2 Å². The number of anilines is 1. The van der Waals surface area contributed by atoms with Gasteiger partial charge < -0.3 is 15.6 Å². The summed E-state index contributed by atoms with van der Waals surface area (Å²) >= 11 is 0. The molecule has 0 bridgehead atoms. The maximum atomic E-state index is 13.2. The third-order valence-electron chi connectivity index (χ3n) is 6.32. The molecule has 2 fully saturated rings. The standard InChI is InChI=1S/C22H17N3O2/c23-14-5-6-17-12(7-14)8-18(24-17)21(27)25-11-13-10-22(13)16-4-2-1-3-15(16)19(26)9-20(22)25/h1-9,13,24H,10-11,23H2/t13-,22?/m1/s1. The molecule has 132 valence electrons. The van der Waals surface area contributed by atoms with Gasteiger partial charge in [-0.2, -0.15) is 0 Å². The Morgan fingerprint density at radius 2 is 2.04 bits per heavy atom. The number of aromatic nitrogens is 1. The summed E-state index contributed by atoms with van der Waals surface area (Å²) in [4.78, 5) is 30.9. The zero-order valence-corrected chi connectivity index (χ0v) is 14.5. The normalized spacial score (nSPS) is 25.0. The van der Waals surface area contributed by atoms with Crippen LogP contribution in [0.4, 0.5) is 5.69 Å². The van der Waals surface area contributed by atoms with Crippen LogP contribution in [0.5, 0.6) is 0 Å². The van der Waals surface area contributed by atoms with Crippen molar-refractivity contribution in [1.29, 1.82) is 0 Å². The Kier molecular flexibility index (Phi) is 2.56. The summed E-state index contributed by atoms with van der Waals surface area (Å²) in [5, 5.41) is 0.913. The molecule has 3 N–H and O–H groups in total. The fourth-order valence-electron chi connectivity index (χ4n) is 4.99. The first-order chi connectivity index (χ1) is 13.1. The largest absolute Gasteiger partial charge is 0.399 e. The Morgan fingerprint density at radius 1 is 1.19 bits per heavy atom. The van der Waals surface area contributed by atoms with Crippen LogP contribution in [0.25, 0.3) is 10.9 Å². The van der Waals surface area contributed by atoms with Crippen LogP contribution >= 0.6 is 0 Å². The smallest absolute Gasteiger partial charge is 0.274 e. The molecular formula is C22H17N3O2. The van der Waals surface area contributed by atoms with E-state index in [4.69, 9.17) is 5.73 Å². The molecule has 27 heavy (non-hydrogen) atoms. The monoisotopic (exact) mass is 355 g/mol. The van der Waals surface area contributed by atoms with Gasteiger partial charge in [-0.1, -0.05) is 24.3 Å². The minimum Gasteiger partial charge on any atom is -0.399 e. The molecule has 5 nitrogen and oxygen atoms in total. The third-order valence-corrected chi connectivity index (χ3v) is 6.32. The Bertz CT molecular complexity index is 1210. The number of H-pyrrole nitrogens is 1. The molecule has 2 atom stereocenters. The Labute approximate surface area is 155 Å². The van der Waals surface area contributed by atoms with Gasteiger partial charge in [0, 0.05) is 45.9 Å². The maximum absolute atomic E-state index is 13.2. The Morgan fingerprint density at radius 3 is 2.93 bits per heavy atom. The second-order valence-corrected chi connectivity index (χ2v) is 7.76. The number of hydrogen-bond acceptors (Lipinski definition) is 3. The minimum atomic E-state index is -0.156. The van der Waals surface area contributed by atoms with Crippen molar-refractivity contribution in [2.24, 2.45) is 5.92 Å². The van der Waals surface area contributed by atoms with Crippen LogP contribution < -0.4 is 5.73 Å². The second kappa shape index (κ2) is 4.68. The maximum Gasteiger partial charge on any atom is 0.274 e. The highest BCUT2D eigenvalue weighted by Crippen LogP contribution is 2.66. The third kappa shape index (κ3) is 1.78. The molecule has 2 heterocycles. The number of nitrogen functional groups attached to an aromatic ring is 1. The zero-order valence-electron chi connectivity index (χ0n) is 14.5. The Hall–Kier alpha value is -3.34. The van der Waals surface area contributed by atoms with E-state index in [-0.39, 0.29) is 17.1 Å². The molecule has 2 aliphatic carbocycles. The van der Waals surface area contributed by atoms with Crippen LogP contribution in [-0.4, -0.2) is 28.1 Å². The van der Waals surface area contributed by atoms with Crippen molar-refractivity contribution < 1.29 is 9.59 Å². The van der Waals surface area contributed by atoms with Crippen molar-refractivity contribution in [3.05, 3.63) is 77.1 Å². The first kappa shape index (κ1) is 14.8. The van der Waals surface area contributed by atoms with E-state index in [0.717, 1.165) is 34.1 Å². The highest BCUT2D eigenvalue weighted by molar-refractivity contribution is 6.10. The first-order valence-corrected chi connectivity index (χ1v) is 9.14. The number of nitrogens with two attached hydrogens (primary N) is 1. The number of hydrogen-bond donors (Lipinski definition) is 2. The van der Waals surface area contributed by atoms with Gasteiger partial charge >= 0.3 is 0 Å². The molecule has 6 rings (SSSR count). The van der Waals surface area contributed by atoms with E-state index >= 15 is 0 Å². The number of nitrogens with one attached hydrogen (secondary N) is 1. The molecule has 5 heteroatoms. The molecule has 3 aliphatic rings. The van der Waals surface area contributed by atoms with E-state index in [9.17, 15) is 9.59 Å². The Balaban J connectivity index is 1.43. The predicted molar refractivity (Wildman–Crippen MR) is 102 cm³/mol. The number of benzene rings is 2. The van der Waals surface area contributed by atoms with E-state index < -0.39 is 0 Å². The lowest BCUT2D eigenvalue weighted by Gasteiger charge is -2.29. The van der Waals surface area contributed by atoms with Crippen LogP contribution in [0, 0.1) is 5.92 Å². The number of amides is 1. The molecule has 0 radical (unpaired) electrons. The SMILES string of the molecule is Nc1ccc2[nH]c(C(=O)N3C[C@H]4CC45C3=CC(=O)c3ccccc35)cc2c1. The number of ketones is 1. The van der Waals surface area contributed by atoms with Crippen LogP contribution in [-0.2, 0) is 5.41 Å². The summed E-state index contributed by atoms with van der Waals surface area (Å²) in [5.74, 6) is 0.290. The van der Waals surface area contributed by atoms with Crippen molar-refractivity contribution in [2.45, 2.75) is 11.8 Å². The molecule has 2 aromatic carbocycles. The molecule has 3 aromatic rings. The molecule has 1 spiro atoms. The van der Waals surface area contributed by atoms with E-state index in [0.29, 0.717) is 23.8 Å². The van der Waals surface area contributed by atoms with Crippen LogP contribution in [0.3, 0.4) is 0 Å². The summed E-state index contributed by atoms with van der Waals surface area (Å²) in [5.41, 5.74) is 10.5. The highest BCUT2D eigenvalue weighted by atomic mass is 16.2. The summed E-state index contributed by atoms with van der Waals surface area (Å²) in [6.07, 6.45) is 2.68. The highest BCUT2D eigenvalue weighted by Gasteiger charge is 2.67. The fourth-order valence-corrected chi connectivity index (χ4v) is 4.99. The fraction of sp³-hybridized carbons (Fsp3) is 0.182. The molecule has 1 unspecified atom stereocenters. The predicted octanol–water partition coefficient (Wildman–Crippen LogP) is 3.24. The van der Waals surface area contributed by atoms with Gasteiger partial charge in [0.15, 0.2) is 5.78 Å². The second-order valence-electron chi connectivity index (χ2n) is 7.76. The van der Waals surface area contributed by atoms with Gasteiger partial charge in [-0.05, 0) is 42.2 Å². The van der Waals surface area contributed by atoms with Gasteiger partial charge in [-0.3, -0.25) is 9.59 Å².